The highest BCUT2D eigenvalue weighted by Gasteiger charge is 2.29. The minimum Gasteiger partial charge on any atom is -0.366 e. The summed E-state index contributed by atoms with van der Waals surface area (Å²) in [6, 6.07) is 10.0. The van der Waals surface area contributed by atoms with Crippen LogP contribution in [0.3, 0.4) is 0 Å². The van der Waals surface area contributed by atoms with E-state index in [-0.39, 0.29) is 6.04 Å². The molecule has 1 aliphatic rings. The maximum Gasteiger partial charge on any atom is 0.174 e. The predicted molar refractivity (Wildman–Crippen MR) is 71.3 cm³/mol. The molecule has 2 rings (SSSR count). The van der Waals surface area contributed by atoms with Crippen LogP contribution in [0.25, 0.3) is 0 Å². The van der Waals surface area contributed by atoms with E-state index in [1.54, 1.807) is 7.11 Å². The summed E-state index contributed by atoms with van der Waals surface area (Å²) in [5.41, 5.74) is 1.11. The van der Waals surface area contributed by atoms with Gasteiger partial charge in [0.05, 0.1) is 6.04 Å². The van der Waals surface area contributed by atoms with Crippen LogP contribution in [-0.2, 0) is 4.74 Å². The second-order valence-corrected chi connectivity index (χ2v) is 4.82. The first kappa shape index (κ1) is 13.5. The number of aliphatic hydroxyl groups is 1. The van der Waals surface area contributed by atoms with Gasteiger partial charge in [0.25, 0.3) is 0 Å². The summed E-state index contributed by atoms with van der Waals surface area (Å²) >= 11 is 0. The molecular weight excluding hydrogens is 228 g/mol. The molecule has 0 saturated carbocycles. The van der Waals surface area contributed by atoms with Crippen molar-refractivity contribution in [1.82, 2.24) is 9.80 Å². The zero-order valence-electron chi connectivity index (χ0n) is 11.1. The summed E-state index contributed by atoms with van der Waals surface area (Å²) < 4.78 is 5.15. The van der Waals surface area contributed by atoms with Gasteiger partial charge >= 0.3 is 0 Å². The maximum atomic E-state index is 10.1. The van der Waals surface area contributed by atoms with Gasteiger partial charge in [-0.25, -0.2) is 0 Å². The van der Waals surface area contributed by atoms with Crippen LogP contribution in [0.4, 0.5) is 0 Å². The molecule has 4 nitrogen and oxygen atoms in total. The minimum absolute atomic E-state index is 0.0788. The molecule has 1 N–H and O–H groups in total. The third-order valence-corrected chi connectivity index (χ3v) is 3.58. The third kappa shape index (κ3) is 3.09. The predicted octanol–water partition coefficient (Wildman–Crippen LogP) is 0.940. The van der Waals surface area contributed by atoms with Gasteiger partial charge in [0.15, 0.2) is 6.29 Å². The molecule has 0 spiro atoms. The Morgan fingerprint density at radius 3 is 2.28 bits per heavy atom. The number of nitrogens with zero attached hydrogens (tertiary/aromatic N) is 2. The Bertz CT molecular complexity index is 350. The van der Waals surface area contributed by atoms with Crippen molar-refractivity contribution >= 4 is 0 Å². The van der Waals surface area contributed by atoms with Gasteiger partial charge in [0, 0.05) is 33.3 Å². The highest BCUT2D eigenvalue weighted by atomic mass is 16.6. The zero-order chi connectivity index (χ0) is 13.0. The van der Waals surface area contributed by atoms with Crippen molar-refractivity contribution in [1.29, 1.82) is 0 Å². The van der Waals surface area contributed by atoms with Crippen LogP contribution in [0.2, 0.25) is 0 Å². The van der Waals surface area contributed by atoms with Crippen LogP contribution < -0.4 is 0 Å². The SMILES string of the molecule is COC(O)C(c1ccccc1)N1CCN(C)CC1. The largest absolute Gasteiger partial charge is 0.366 e. The molecule has 100 valence electrons. The quantitative estimate of drug-likeness (QED) is 0.807. The summed E-state index contributed by atoms with van der Waals surface area (Å²) in [6.07, 6.45) is -0.782. The van der Waals surface area contributed by atoms with Crippen LogP contribution >= 0.6 is 0 Å². The molecule has 1 heterocycles. The maximum absolute atomic E-state index is 10.1. The van der Waals surface area contributed by atoms with Crippen molar-refractivity contribution in [2.75, 3.05) is 40.3 Å². The molecule has 1 aromatic carbocycles. The van der Waals surface area contributed by atoms with Gasteiger partial charge in [-0.15, -0.1) is 0 Å². The van der Waals surface area contributed by atoms with Crippen LogP contribution in [-0.4, -0.2) is 61.5 Å². The molecule has 1 fully saturated rings. The van der Waals surface area contributed by atoms with Gasteiger partial charge in [0.2, 0.25) is 0 Å². The average Bonchev–Trinajstić information content (AvgIpc) is 2.42. The lowest BCUT2D eigenvalue weighted by atomic mass is 10.0. The fourth-order valence-electron chi connectivity index (χ4n) is 2.44. The molecule has 0 bridgehead atoms. The number of piperazine rings is 1. The Morgan fingerprint density at radius 1 is 1.11 bits per heavy atom. The Kier molecular flexibility index (Phi) is 4.72. The first-order valence-corrected chi connectivity index (χ1v) is 6.41. The average molecular weight is 250 g/mol. The summed E-state index contributed by atoms with van der Waals surface area (Å²) in [5.74, 6) is 0. The first-order valence-electron chi connectivity index (χ1n) is 6.41. The van der Waals surface area contributed by atoms with E-state index in [9.17, 15) is 5.11 Å². The van der Waals surface area contributed by atoms with Crippen molar-refractivity contribution in [2.24, 2.45) is 0 Å². The molecular formula is C14H22N2O2. The van der Waals surface area contributed by atoms with Crippen molar-refractivity contribution < 1.29 is 9.84 Å². The highest BCUT2D eigenvalue weighted by Crippen LogP contribution is 2.25. The fraction of sp³-hybridized carbons (Fsp3) is 0.571. The van der Waals surface area contributed by atoms with E-state index in [0.717, 1.165) is 31.7 Å². The molecule has 2 atom stereocenters. The highest BCUT2D eigenvalue weighted by molar-refractivity contribution is 5.20. The van der Waals surface area contributed by atoms with Crippen molar-refractivity contribution in [3.8, 4) is 0 Å². The van der Waals surface area contributed by atoms with E-state index < -0.39 is 6.29 Å². The van der Waals surface area contributed by atoms with Crippen LogP contribution in [0.5, 0.6) is 0 Å². The molecule has 0 amide bonds. The Morgan fingerprint density at radius 2 is 1.72 bits per heavy atom. The molecule has 0 aliphatic carbocycles. The van der Waals surface area contributed by atoms with Crippen molar-refractivity contribution in [3.63, 3.8) is 0 Å². The van der Waals surface area contributed by atoms with Gasteiger partial charge in [-0.05, 0) is 12.6 Å². The molecule has 0 aromatic heterocycles. The standard InChI is InChI=1S/C14H22N2O2/c1-15-8-10-16(11-9-15)13(14(17)18-2)12-6-4-3-5-7-12/h3-7,13-14,17H,8-11H2,1-2H3. The van der Waals surface area contributed by atoms with E-state index in [1.165, 1.54) is 0 Å². The summed E-state index contributed by atoms with van der Waals surface area (Å²) in [4.78, 5) is 4.60. The lowest BCUT2D eigenvalue weighted by molar-refractivity contribution is -0.132. The number of benzene rings is 1. The van der Waals surface area contributed by atoms with Gasteiger partial charge in [-0.3, -0.25) is 4.90 Å². The van der Waals surface area contributed by atoms with E-state index in [2.05, 4.69) is 16.8 Å². The van der Waals surface area contributed by atoms with Gasteiger partial charge in [-0.2, -0.15) is 0 Å². The first-order chi connectivity index (χ1) is 8.72. The van der Waals surface area contributed by atoms with Crippen LogP contribution in [0.1, 0.15) is 11.6 Å². The lowest BCUT2D eigenvalue weighted by Gasteiger charge is -2.39. The second-order valence-electron chi connectivity index (χ2n) is 4.82. The lowest BCUT2D eigenvalue weighted by Crippen LogP contribution is -2.49. The van der Waals surface area contributed by atoms with Crippen LogP contribution in [0.15, 0.2) is 30.3 Å². The second kappa shape index (κ2) is 6.29. The Balaban J connectivity index is 2.15. The summed E-state index contributed by atoms with van der Waals surface area (Å²) in [7, 11) is 3.68. The molecule has 1 aliphatic heterocycles. The smallest absolute Gasteiger partial charge is 0.174 e. The van der Waals surface area contributed by atoms with Gasteiger partial charge < -0.3 is 14.7 Å². The molecule has 4 heteroatoms. The van der Waals surface area contributed by atoms with E-state index >= 15 is 0 Å². The minimum atomic E-state index is -0.782. The zero-order valence-corrected chi connectivity index (χ0v) is 11.1. The molecule has 18 heavy (non-hydrogen) atoms. The Hall–Kier alpha value is -0.940. The molecule has 1 saturated heterocycles. The van der Waals surface area contributed by atoms with Gasteiger partial charge in [-0.1, -0.05) is 30.3 Å². The number of aliphatic hydroxyl groups excluding tert-OH is 1. The summed E-state index contributed by atoms with van der Waals surface area (Å²) in [6.45, 7) is 3.96. The van der Waals surface area contributed by atoms with Gasteiger partial charge in [0.1, 0.15) is 0 Å². The fourth-order valence-corrected chi connectivity index (χ4v) is 2.44. The molecule has 2 unspecified atom stereocenters. The molecule has 1 aromatic rings. The number of hydrogen-bond acceptors (Lipinski definition) is 4. The molecule has 0 radical (unpaired) electrons. The number of likely N-dealkylation sites (N-methyl/N-ethyl adjacent to an activating group) is 1. The summed E-state index contributed by atoms with van der Waals surface area (Å²) in [5, 5.41) is 10.1. The number of hydrogen-bond donors (Lipinski definition) is 1. The number of methoxy groups -OCH3 is 1. The topological polar surface area (TPSA) is 35.9 Å². The Labute approximate surface area is 109 Å². The van der Waals surface area contributed by atoms with E-state index in [1.807, 2.05) is 30.3 Å². The third-order valence-electron chi connectivity index (χ3n) is 3.58. The van der Waals surface area contributed by atoms with E-state index in [4.69, 9.17) is 4.74 Å². The number of ether oxygens (including phenoxy) is 1. The number of rotatable bonds is 4. The van der Waals surface area contributed by atoms with Crippen LogP contribution in [0, 0.1) is 0 Å². The van der Waals surface area contributed by atoms with Crippen molar-refractivity contribution in [2.45, 2.75) is 12.3 Å². The van der Waals surface area contributed by atoms with Crippen molar-refractivity contribution in [3.05, 3.63) is 35.9 Å². The normalized spacial score (nSPS) is 21.7. The monoisotopic (exact) mass is 250 g/mol. The van der Waals surface area contributed by atoms with E-state index in [0.29, 0.717) is 0 Å².